The molecule has 4 heterocycles. The number of aromatic nitrogens is 6. The fourth-order valence-electron chi connectivity index (χ4n) is 8.26. The van der Waals surface area contributed by atoms with E-state index in [1.165, 1.54) is 11.7 Å². The van der Waals surface area contributed by atoms with Gasteiger partial charge in [-0.1, -0.05) is 158 Å². The lowest BCUT2D eigenvalue weighted by Crippen LogP contribution is -2.00. The quantitative estimate of drug-likeness (QED) is 0.155. The van der Waals surface area contributed by atoms with Gasteiger partial charge in [-0.05, 0) is 41.0 Å². The molecule has 0 aliphatic rings. The molecular weight excluding hydrogens is 757 g/mol. The van der Waals surface area contributed by atoms with Gasteiger partial charge >= 0.3 is 0 Å². The summed E-state index contributed by atoms with van der Waals surface area (Å²) in [4.78, 5) is 20.1. The summed E-state index contributed by atoms with van der Waals surface area (Å²) in [6.07, 6.45) is 0. The number of hydrogen-bond donors (Lipinski definition) is 0. The van der Waals surface area contributed by atoms with Gasteiger partial charge in [0.05, 0.1) is 22.9 Å². The van der Waals surface area contributed by atoms with Crippen LogP contribution in [0.5, 0.6) is 0 Å². The lowest BCUT2D eigenvalue weighted by Gasteiger charge is -2.11. The van der Waals surface area contributed by atoms with E-state index < -0.39 is 0 Å². The number of pyridine rings is 1. The average molecular weight is 787 g/mol. The highest BCUT2D eigenvalue weighted by Gasteiger charge is 2.17. The molecule has 7 nitrogen and oxygen atoms in total. The van der Waals surface area contributed by atoms with Crippen LogP contribution in [0.25, 0.3) is 122 Å². The summed E-state index contributed by atoms with van der Waals surface area (Å²) in [5.41, 5.74) is 13.5. The van der Waals surface area contributed by atoms with Crippen molar-refractivity contribution >= 4 is 66.4 Å². The number of rotatable bonds is 6. The molecule has 0 radical (unpaired) electrons. The van der Waals surface area contributed by atoms with Crippen molar-refractivity contribution in [2.45, 2.75) is 0 Å². The van der Waals surface area contributed by atoms with Crippen LogP contribution in [-0.4, -0.2) is 28.7 Å². The third-order valence-corrected chi connectivity index (χ3v) is 11.8. The summed E-state index contributed by atoms with van der Waals surface area (Å²) in [6.45, 7) is 0. The molecule has 0 aliphatic heterocycles. The molecule has 4 aromatic heterocycles. The first kappa shape index (κ1) is 34.1. The topological polar surface area (TPSA) is 90.5 Å². The van der Waals surface area contributed by atoms with Crippen LogP contribution < -0.4 is 0 Å². The molecule has 0 atom stereocenters. The van der Waals surface area contributed by atoms with Crippen molar-refractivity contribution in [1.29, 1.82) is 0 Å². The van der Waals surface area contributed by atoms with Crippen molar-refractivity contribution in [2.24, 2.45) is 0 Å². The zero-order valence-corrected chi connectivity index (χ0v) is 32.6. The van der Waals surface area contributed by atoms with E-state index in [0.717, 1.165) is 105 Å². The molecule has 0 N–H and O–H groups in total. The van der Waals surface area contributed by atoms with Gasteiger partial charge in [0.2, 0.25) is 0 Å². The standard InChI is InChI=1S/C52H30N6OS/c1-2-9-35(10-3-1)50-54-51(56-52(55-50)37-27-21-33(22-28-37)38-13-8-14-40-39-11-5-7-16-45(39)59-49(38)40)36-25-19-32(20-26-36)31-17-23-34(24-18-31)47-42-29-30-44-48(58-60-57-44)46(42)41-12-4-6-15-43(41)53-47/h1-30H. The molecule has 0 unspecified atom stereocenters. The van der Waals surface area contributed by atoms with Gasteiger partial charge in [-0.25, -0.2) is 19.9 Å². The Balaban J connectivity index is 0.879. The zero-order valence-electron chi connectivity index (χ0n) is 31.8. The molecule has 0 saturated carbocycles. The van der Waals surface area contributed by atoms with Gasteiger partial charge in [0.25, 0.3) is 0 Å². The summed E-state index contributed by atoms with van der Waals surface area (Å²) in [6, 6.07) is 62.3. The van der Waals surface area contributed by atoms with Gasteiger partial charge in [0, 0.05) is 54.7 Å². The second-order valence-electron chi connectivity index (χ2n) is 14.8. The van der Waals surface area contributed by atoms with E-state index in [2.05, 4.69) is 124 Å². The molecule has 12 rings (SSSR count). The monoisotopic (exact) mass is 786 g/mol. The number of para-hydroxylation sites is 3. The molecule has 12 aromatic rings. The maximum absolute atomic E-state index is 6.34. The second kappa shape index (κ2) is 13.9. The van der Waals surface area contributed by atoms with Crippen LogP contribution in [0.4, 0.5) is 0 Å². The molecule has 0 aliphatic carbocycles. The normalized spacial score (nSPS) is 11.7. The summed E-state index contributed by atoms with van der Waals surface area (Å²) in [5, 5.41) is 5.45. The maximum atomic E-state index is 6.34. The highest BCUT2D eigenvalue weighted by atomic mass is 32.1. The Kier molecular flexibility index (Phi) is 7.89. The molecule has 8 aromatic carbocycles. The van der Waals surface area contributed by atoms with E-state index in [9.17, 15) is 0 Å². The van der Waals surface area contributed by atoms with E-state index >= 15 is 0 Å². The Hall–Kier alpha value is -7.94. The van der Waals surface area contributed by atoms with Crippen molar-refractivity contribution in [3.63, 3.8) is 0 Å². The Morgan fingerprint density at radius 2 is 0.917 bits per heavy atom. The maximum Gasteiger partial charge on any atom is 0.164 e. The molecule has 0 fully saturated rings. The minimum Gasteiger partial charge on any atom is -0.455 e. The number of benzene rings is 8. The van der Waals surface area contributed by atoms with Crippen LogP contribution in [0.3, 0.4) is 0 Å². The van der Waals surface area contributed by atoms with Crippen molar-refractivity contribution in [3.05, 3.63) is 182 Å². The van der Waals surface area contributed by atoms with Gasteiger partial charge < -0.3 is 4.42 Å². The van der Waals surface area contributed by atoms with E-state index in [1.807, 2.05) is 66.7 Å². The largest absolute Gasteiger partial charge is 0.455 e. The van der Waals surface area contributed by atoms with E-state index in [1.54, 1.807) is 0 Å². The van der Waals surface area contributed by atoms with Crippen LogP contribution in [0.2, 0.25) is 0 Å². The summed E-state index contributed by atoms with van der Waals surface area (Å²) in [5.74, 6) is 1.83. The van der Waals surface area contributed by atoms with Gasteiger partial charge in [0.1, 0.15) is 22.2 Å². The van der Waals surface area contributed by atoms with Gasteiger partial charge in [0.15, 0.2) is 17.5 Å². The van der Waals surface area contributed by atoms with Crippen LogP contribution in [0, 0.1) is 0 Å². The van der Waals surface area contributed by atoms with E-state index in [-0.39, 0.29) is 0 Å². The van der Waals surface area contributed by atoms with Gasteiger partial charge in [-0.2, -0.15) is 8.75 Å². The Morgan fingerprint density at radius 3 is 1.63 bits per heavy atom. The molecular formula is C52H30N6OS. The molecule has 0 spiro atoms. The second-order valence-corrected chi connectivity index (χ2v) is 15.3. The lowest BCUT2D eigenvalue weighted by molar-refractivity contribution is 0.670. The summed E-state index contributed by atoms with van der Waals surface area (Å²) >= 11 is 1.24. The van der Waals surface area contributed by atoms with Crippen LogP contribution in [-0.2, 0) is 0 Å². The predicted molar refractivity (Wildman–Crippen MR) is 244 cm³/mol. The molecule has 0 amide bonds. The number of furan rings is 1. The SMILES string of the molecule is c1ccc(-c2nc(-c3ccc(-c4ccc(-c5nc6ccccc6c6c5ccc5nsnc56)cc4)cc3)nc(-c3ccc(-c4cccc5c4oc4ccccc45)cc3)n2)cc1. The minimum absolute atomic E-state index is 0.605. The Labute approximate surface area is 347 Å². The molecule has 0 bridgehead atoms. The van der Waals surface area contributed by atoms with Crippen molar-refractivity contribution in [1.82, 2.24) is 28.7 Å². The fourth-order valence-corrected chi connectivity index (χ4v) is 8.80. The fraction of sp³-hybridized carbons (Fsp3) is 0. The number of fused-ring (bicyclic) bond motifs is 8. The summed E-state index contributed by atoms with van der Waals surface area (Å²) in [7, 11) is 0. The van der Waals surface area contributed by atoms with Gasteiger partial charge in [-0.15, -0.1) is 0 Å². The Bertz CT molecular complexity index is 3580. The third-order valence-electron chi connectivity index (χ3n) is 11.2. The molecule has 8 heteroatoms. The third kappa shape index (κ3) is 5.73. The van der Waals surface area contributed by atoms with Gasteiger partial charge in [-0.3, -0.25) is 0 Å². The predicted octanol–water partition coefficient (Wildman–Crippen LogP) is 13.5. The van der Waals surface area contributed by atoms with Crippen molar-refractivity contribution in [2.75, 3.05) is 0 Å². The first-order valence-electron chi connectivity index (χ1n) is 19.7. The molecule has 60 heavy (non-hydrogen) atoms. The molecule has 280 valence electrons. The first-order chi connectivity index (χ1) is 29.7. The van der Waals surface area contributed by atoms with E-state index in [4.69, 9.17) is 24.4 Å². The zero-order chi connectivity index (χ0) is 39.6. The number of nitrogens with zero attached hydrogens (tertiary/aromatic N) is 6. The average Bonchev–Trinajstić information content (AvgIpc) is 3.97. The van der Waals surface area contributed by atoms with E-state index in [0.29, 0.717) is 17.5 Å². The smallest absolute Gasteiger partial charge is 0.164 e. The molecule has 0 saturated heterocycles. The van der Waals surface area contributed by atoms with Crippen molar-refractivity contribution < 1.29 is 4.42 Å². The first-order valence-corrected chi connectivity index (χ1v) is 20.4. The van der Waals surface area contributed by atoms with Crippen LogP contribution in [0.15, 0.2) is 186 Å². The lowest BCUT2D eigenvalue weighted by atomic mass is 9.97. The Morgan fingerprint density at radius 1 is 0.350 bits per heavy atom. The van der Waals surface area contributed by atoms with Crippen LogP contribution >= 0.6 is 11.7 Å². The minimum atomic E-state index is 0.605. The highest BCUT2D eigenvalue weighted by molar-refractivity contribution is 7.00. The summed E-state index contributed by atoms with van der Waals surface area (Å²) < 4.78 is 15.5. The van der Waals surface area contributed by atoms with Crippen molar-refractivity contribution in [3.8, 4) is 67.7 Å². The van der Waals surface area contributed by atoms with Crippen LogP contribution in [0.1, 0.15) is 0 Å². The highest BCUT2D eigenvalue weighted by Crippen LogP contribution is 2.39. The number of hydrogen-bond acceptors (Lipinski definition) is 8.